The van der Waals surface area contributed by atoms with Crippen LogP contribution in [-0.4, -0.2) is 26.9 Å². The second-order valence-electron chi connectivity index (χ2n) is 6.91. The van der Waals surface area contributed by atoms with Crippen molar-refractivity contribution in [1.82, 2.24) is 4.98 Å². The third-order valence-corrected chi connectivity index (χ3v) is 6.30. The summed E-state index contributed by atoms with van der Waals surface area (Å²) in [5.41, 5.74) is 1.52. The molecular weight excluding hydrogens is 424 g/mol. The van der Waals surface area contributed by atoms with E-state index in [1.54, 1.807) is 36.4 Å². The van der Waals surface area contributed by atoms with Gasteiger partial charge in [0.2, 0.25) is 0 Å². The Hall–Kier alpha value is -3.16. The molecule has 1 aromatic heterocycles. The Balaban J connectivity index is 1.96. The van der Waals surface area contributed by atoms with E-state index >= 15 is 0 Å². The maximum Gasteiger partial charge on any atom is 0.301 e. The van der Waals surface area contributed by atoms with Crippen molar-refractivity contribution >= 4 is 45.5 Å². The van der Waals surface area contributed by atoms with Crippen molar-refractivity contribution in [1.29, 1.82) is 0 Å². The molecule has 0 spiro atoms. The highest BCUT2D eigenvalue weighted by Gasteiger charge is 2.48. The third kappa shape index (κ3) is 3.36. The number of hydrogen-bond donors (Lipinski definition) is 2. The number of halogens is 1. The number of phenols is 1. The van der Waals surface area contributed by atoms with Gasteiger partial charge in [-0.3, -0.25) is 14.5 Å². The van der Waals surface area contributed by atoms with Crippen LogP contribution in [0.1, 0.15) is 27.7 Å². The lowest BCUT2D eigenvalue weighted by Crippen LogP contribution is -2.29. The lowest BCUT2D eigenvalue weighted by atomic mass is 9.95. The minimum atomic E-state index is -0.933. The fourth-order valence-corrected chi connectivity index (χ4v) is 4.42. The number of aromatic nitrogens is 1. The number of aromatic hydroxyl groups is 1. The van der Waals surface area contributed by atoms with Crippen LogP contribution in [0.5, 0.6) is 5.75 Å². The fraction of sp³-hybridized carbons (Fsp3) is 0.136. The Morgan fingerprint density at radius 2 is 1.83 bits per heavy atom. The molecule has 0 bridgehead atoms. The average Bonchev–Trinajstić information content (AvgIpc) is 3.18. The van der Waals surface area contributed by atoms with Gasteiger partial charge in [0.1, 0.15) is 11.5 Å². The molecule has 2 aromatic carbocycles. The van der Waals surface area contributed by atoms with E-state index in [0.29, 0.717) is 21.3 Å². The van der Waals surface area contributed by atoms with Gasteiger partial charge in [-0.1, -0.05) is 23.7 Å². The van der Waals surface area contributed by atoms with E-state index in [-0.39, 0.29) is 17.1 Å². The number of aliphatic hydroxyl groups is 1. The monoisotopic (exact) mass is 440 g/mol. The van der Waals surface area contributed by atoms with Crippen LogP contribution >= 0.6 is 22.9 Å². The molecule has 0 saturated carbocycles. The number of anilines is 1. The molecule has 0 aliphatic carbocycles. The van der Waals surface area contributed by atoms with E-state index in [9.17, 15) is 19.8 Å². The van der Waals surface area contributed by atoms with Crippen LogP contribution < -0.4 is 4.90 Å². The normalized spacial score (nSPS) is 18.2. The number of aliphatic hydroxyl groups excluding tert-OH is 1. The number of carbonyl (C=O) groups excluding carboxylic acids is 2. The van der Waals surface area contributed by atoms with Crippen LogP contribution in [0.4, 0.5) is 5.13 Å². The maximum atomic E-state index is 13.0. The molecule has 4 rings (SSSR count). The van der Waals surface area contributed by atoms with Crippen LogP contribution in [0.3, 0.4) is 0 Å². The number of phenolic OH excluding ortho intramolecular Hbond substituents is 1. The largest absolute Gasteiger partial charge is 0.508 e. The van der Waals surface area contributed by atoms with Crippen LogP contribution in [0, 0.1) is 13.8 Å². The smallest absolute Gasteiger partial charge is 0.301 e. The highest BCUT2D eigenvalue weighted by atomic mass is 35.5. The molecule has 8 heteroatoms. The zero-order valence-electron chi connectivity index (χ0n) is 16.1. The summed E-state index contributed by atoms with van der Waals surface area (Å²) in [7, 11) is 0. The molecule has 1 atom stereocenters. The summed E-state index contributed by atoms with van der Waals surface area (Å²) >= 11 is 7.22. The van der Waals surface area contributed by atoms with Crippen molar-refractivity contribution in [2.45, 2.75) is 19.9 Å². The second-order valence-corrected chi connectivity index (χ2v) is 8.53. The van der Waals surface area contributed by atoms with Crippen molar-refractivity contribution in [2.75, 3.05) is 4.90 Å². The number of nitrogens with zero attached hydrogens (tertiary/aromatic N) is 2. The number of thiazole rings is 1. The van der Waals surface area contributed by atoms with Gasteiger partial charge in [0.05, 0.1) is 17.3 Å². The number of rotatable bonds is 3. The molecule has 2 N–H and O–H groups in total. The van der Waals surface area contributed by atoms with E-state index in [0.717, 1.165) is 10.6 Å². The standard InChI is InChI=1S/C22H17ClN2O4S/c1-11-12(2)30-22(24-11)25-18(14-4-3-5-16(26)10-14)17(20(28)21(25)29)19(27)13-6-8-15(23)9-7-13/h3-10,18,26-27H,1-2H3/t18-/m1/s1. The van der Waals surface area contributed by atoms with Crippen molar-refractivity contribution in [3.63, 3.8) is 0 Å². The summed E-state index contributed by atoms with van der Waals surface area (Å²) in [6, 6.07) is 11.6. The Labute approximate surface area is 181 Å². The number of benzene rings is 2. The quantitative estimate of drug-likeness (QED) is 0.348. The molecule has 152 valence electrons. The summed E-state index contributed by atoms with van der Waals surface area (Å²) in [5, 5.41) is 21.8. The molecule has 0 radical (unpaired) electrons. The molecule has 2 heterocycles. The number of amides is 1. The Morgan fingerprint density at radius 3 is 2.43 bits per heavy atom. The predicted molar refractivity (Wildman–Crippen MR) is 116 cm³/mol. The van der Waals surface area contributed by atoms with Gasteiger partial charge in [0, 0.05) is 15.5 Å². The lowest BCUT2D eigenvalue weighted by molar-refractivity contribution is -0.132. The summed E-state index contributed by atoms with van der Waals surface area (Å²) in [6.07, 6.45) is 0. The first-order chi connectivity index (χ1) is 14.3. The first-order valence-electron chi connectivity index (χ1n) is 9.08. The molecule has 1 fully saturated rings. The number of hydrogen-bond acceptors (Lipinski definition) is 6. The summed E-state index contributed by atoms with van der Waals surface area (Å²) < 4.78 is 0. The first-order valence-corrected chi connectivity index (χ1v) is 10.3. The lowest BCUT2D eigenvalue weighted by Gasteiger charge is -2.23. The molecule has 1 amide bonds. The molecule has 1 aliphatic rings. The van der Waals surface area contributed by atoms with Crippen molar-refractivity contribution in [2.24, 2.45) is 0 Å². The van der Waals surface area contributed by atoms with Crippen LogP contribution in [0.2, 0.25) is 5.02 Å². The van der Waals surface area contributed by atoms with Crippen molar-refractivity contribution in [3.05, 3.63) is 80.8 Å². The van der Waals surface area contributed by atoms with E-state index < -0.39 is 17.7 Å². The van der Waals surface area contributed by atoms with E-state index in [2.05, 4.69) is 4.98 Å². The topological polar surface area (TPSA) is 90.7 Å². The second kappa shape index (κ2) is 7.59. The molecule has 6 nitrogen and oxygen atoms in total. The number of Topliss-reactive ketones (excluding diaryl/α,β-unsaturated/α-hetero) is 1. The Bertz CT molecular complexity index is 1180. The number of carbonyl (C=O) groups is 2. The van der Waals surface area contributed by atoms with Gasteiger partial charge in [0.25, 0.3) is 5.78 Å². The maximum absolute atomic E-state index is 13.0. The molecule has 1 aliphatic heterocycles. The predicted octanol–water partition coefficient (Wildman–Crippen LogP) is 4.75. The van der Waals surface area contributed by atoms with Crippen LogP contribution in [0.15, 0.2) is 54.1 Å². The zero-order chi connectivity index (χ0) is 21.6. The van der Waals surface area contributed by atoms with Gasteiger partial charge in [-0.15, -0.1) is 11.3 Å². The third-order valence-electron chi connectivity index (χ3n) is 4.97. The van der Waals surface area contributed by atoms with E-state index in [1.165, 1.54) is 28.4 Å². The van der Waals surface area contributed by atoms with Gasteiger partial charge in [0.15, 0.2) is 5.13 Å². The Kier molecular flexibility index (Phi) is 5.09. The van der Waals surface area contributed by atoms with Gasteiger partial charge in [-0.05, 0) is 55.8 Å². The highest BCUT2D eigenvalue weighted by Crippen LogP contribution is 2.44. The molecule has 1 saturated heterocycles. The average molecular weight is 441 g/mol. The first kappa shape index (κ1) is 20.1. The van der Waals surface area contributed by atoms with Crippen LogP contribution in [-0.2, 0) is 9.59 Å². The van der Waals surface area contributed by atoms with Gasteiger partial charge >= 0.3 is 5.91 Å². The summed E-state index contributed by atoms with van der Waals surface area (Å²) in [4.78, 5) is 32.7. The Morgan fingerprint density at radius 1 is 1.13 bits per heavy atom. The van der Waals surface area contributed by atoms with Gasteiger partial charge in [-0.25, -0.2) is 4.98 Å². The minimum Gasteiger partial charge on any atom is -0.508 e. The number of aryl methyl sites for hydroxylation is 2. The fourth-order valence-electron chi connectivity index (χ4n) is 3.36. The molecule has 30 heavy (non-hydrogen) atoms. The minimum absolute atomic E-state index is 0.0175. The molecular formula is C22H17ClN2O4S. The zero-order valence-corrected chi connectivity index (χ0v) is 17.7. The SMILES string of the molecule is Cc1nc(N2C(=O)C(=O)C(=C(O)c3ccc(Cl)cc3)[C@H]2c2cccc(O)c2)sc1C. The highest BCUT2D eigenvalue weighted by molar-refractivity contribution is 7.16. The van der Waals surface area contributed by atoms with E-state index in [4.69, 9.17) is 11.6 Å². The van der Waals surface area contributed by atoms with Gasteiger partial charge in [-0.2, -0.15) is 0 Å². The molecule has 3 aromatic rings. The number of ketones is 1. The van der Waals surface area contributed by atoms with Gasteiger partial charge < -0.3 is 10.2 Å². The summed E-state index contributed by atoms with van der Waals surface area (Å²) in [6.45, 7) is 3.70. The summed E-state index contributed by atoms with van der Waals surface area (Å²) in [5.74, 6) is -1.93. The van der Waals surface area contributed by atoms with E-state index in [1.807, 2.05) is 13.8 Å². The van der Waals surface area contributed by atoms with Crippen molar-refractivity contribution in [3.8, 4) is 5.75 Å². The molecule has 0 unspecified atom stereocenters. The van der Waals surface area contributed by atoms with Crippen molar-refractivity contribution < 1.29 is 19.8 Å². The van der Waals surface area contributed by atoms with Crippen LogP contribution in [0.25, 0.3) is 5.76 Å².